The van der Waals surface area contributed by atoms with Crippen LogP contribution in [0, 0.1) is 17.5 Å². The summed E-state index contributed by atoms with van der Waals surface area (Å²) in [7, 11) is 2.49. The number of halogens is 8. The maximum Gasteiger partial charge on any atom is 0.420 e. The molecule has 0 aliphatic heterocycles. The van der Waals surface area contributed by atoms with Gasteiger partial charge in [-0.1, -0.05) is 29.3 Å². The van der Waals surface area contributed by atoms with Crippen molar-refractivity contribution in [2.24, 2.45) is 0 Å². The zero-order valence-electron chi connectivity index (χ0n) is 23.5. The number of benzene rings is 3. The summed E-state index contributed by atoms with van der Waals surface area (Å²) in [5.74, 6) is -3.81. The van der Waals surface area contributed by atoms with Crippen molar-refractivity contribution in [2.45, 2.75) is 17.8 Å². The monoisotopic (exact) mass is 696 g/mol. The highest BCUT2D eigenvalue weighted by atomic mass is 35.5. The number of aromatic amines is 1. The summed E-state index contributed by atoms with van der Waals surface area (Å²) >= 11 is 12.3. The minimum Gasteiger partial charge on any atom is -0.494 e. The molecule has 7 nitrogen and oxygen atoms in total. The van der Waals surface area contributed by atoms with Gasteiger partial charge in [-0.3, -0.25) is 9.59 Å². The number of rotatable bonds is 9. The Morgan fingerprint density at radius 1 is 0.978 bits per heavy atom. The van der Waals surface area contributed by atoms with Crippen molar-refractivity contribution in [2.75, 3.05) is 31.5 Å². The van der Waals surface area contributed by atoms with Crippen molar-refractivity contribution in [1.29, 1.82) is 0 Å². The van der Waals surface area contributed by atoms with Crippen molar-refractivity contribution >= 4 is 57.8 Å². The van der Waals surface area contributed by atoms with Gasteiger partial charge < -0.3 is 24.9 Å². The van der Waals surface area contributed by atoms with E-state index in [4.69, 9.17) is 27.9 Å². The van der Waals surface area contributed by atoms with Gasteiger partial charge in [0.15, 0.2) is 35.0 Å². The van der Waals surface area contributed by atoms with Gasteiger partial charge in [0.25, 0.3) is 0 Å². The van der Waals surface area contributed by atoms with Crippen LogP contribution in [0.4, 0.5) is 32.0 Å². The summed E-state index contributed by atoms with van der Waals surface area (Å²) in [5.41, 5.74) is -4.47. The highest BCUT2D eigenvalue weighted by molar-refractivity contribution is 7.98. The average Bonchev–Trinajstić information content (AvgIpc) is 2.98. The first-order valence-corrected chi connectivity index (χ1v) is 14.6. The van der Waals surface area contributed by atoms with Crippen molar-refractivity contribution in [3.63, 3.8) is 0 Å². The number of ether oxygens (including phenoxy) is 2. The molecule has 2 atom stereocenters. The SMILES string of the molecule is COc1ccc(C(Nc2cc(F)cc3[nH]c(=O)ccc23)C(O)(CSC)C(F)(F)F)c(Cl)c1F.COc1ccc(C=O)c(Cl)c1F. The van der Waals surface area contributed by atoms with Crippen LogP contribution in [0.15, 0.2) is 53.3 Å². The molecule has 2 unspecified atom stereocenters. The van der Waals surface area contributed by atoms with E-state index in [1.807, 2.05) is 0 Å². The molecule has 0 aliphatic rings. The molecular formula is C29H24Cl2F6N2O5S. The molecule has 0 spiro atoms. The van der Waals surface area contributed by atoms with Crippen molar-refractivity contribution in [3.05, 3.63) is 97.5 Å². The van der Waals surface area contributed by atoms with Gasteiger partial charge in [0.05, 0.1) is 35.8 Å². The zero-order chi connectivity index (χ0) is 33.7. The van der Waals surface area contributed by atoms with Crippen LogP contribution in [0.2, 0.25) is 10.0 Å². The number of pyridine rings is 1. The van der Waals surface area contributed by atoms with E-state index >= 15 is 0 Å². The molecule has 0 bridgehead atoms. The van der Waals surface area contributed by atoms with Crippen LogP contribution in [0.5, 0.6) is 11.5 Å². The van der Waals surface area contributed by atoms with Gasteiger partial charge in [-0.15, -0.1) is 0 Å². The number of carbonyl (C=O) groups excluding carboxylic acids is 1. The first-order chi connectivity index (χ1) is 21.1. The second-order valence-electron chi connectivity index (χ2n) is 9.26. The van der Waals surface area contributed by atoms with E-state index in [1.165, 1.54) is 31.6 Å². The standard InChI is InChI=1S/C21H18ClF5N2O3S.C8H6ClFO2/c1-32-15-5-3-12(17(22)18(15)24)19(20(31,9-33-2)21(25,26)27)29-14-8-10(23)7-13-11(14)4-6-16(30)28-13;1-12-6-3-2-5(4-11)7(9)8(6)10/h3-8,19,29,31H,9H2,1-2H3,(H,28,30);2-4H,1H3. The summed E-state index contributed by atoms with van der Waals surface area (Å²) < 4.78 is 93.9. The second-order valence-corrected chi connectivity index (χ2v) is 10.9. The molecule has 3 N–H and O–H groups in total. The molecule has 0 aliphatic carbocycles. The van der Waals surface area contributed by atoms with Gasteiger partial charge >= 0.3 is 6.18 Å². The molecule has 0 saturated heterocycles. The number of nitrogens with one attached hydrogen (secondary N) is 2. The van der Waals surface area contributed by atoms with Crippen LogP contribution in [-0.2, 0) is 0 Å². The number of anilines is 1. The van der Waals surface area contributed by atoms with Crippen LogP contribution in [0.25, 0.3) is 10.9 Å². The third-order valence-electron chi connectivity index (χ3n) is 6.47. The number of aldehydes is 1. The number of alkyl halides is 3. The Balaban J connectivity index is 0.000000385. The molecule has 242 valence electrons. The van der Waals surface area contributed by atoms with Gasteiger partial charge in [0, 0.05) is 28.5 Å². The van der Waals surface area contributed by atoms with Gasteiger partial charge in [-0.25, -0.2) is 13.2 Å². The number of carbonyl (C=O) groups is 1. The van der Waals surface area contributed by atoms with Gasteiger partial charge in [-0.2, -0.15) is 24.9 Å². The van der Waals surface area contributed by atoms with E-state index in [0.717, 1.165) is 37.4 Å². The molecule has 1 heterocycles. The molecule has 4 rings (SSSR count). The number of aliphatic hydroxyl groups is 1. The van der Waals surface area contributed by atoms with E-state index in [2.05, 4.69) is 15.0 Å². The van der Waals surface area contributed by atoms with E-state index in [1.54, 1.807) is 0 Å². The number of fused-ring (bicyclic) bond motifs is 1. The van der Waals surface area contributed by atoms with Gasteiger partial charge in [0.2, 0.25) is 5.56 Å². The van der Waals surface area contributed by atoms with E-state index in [9.17, 15) is 41.0 Å². The molecule has 16 heteroatoms. The quantitative estimate of drug-likeness (QED) is 0.123. The molecule has 0 amide bonds. The van der Waals surface area contributed by atoms with Gasteiger partial charge in [0.1, 0.15) is 5.82 Å². The number of thioether (sulfide) groups is 1. The van der Waals surface area contributed by atoms with Crippen molar-refractivity contribution < 1.29 is 45.7 Å². The van der Waals surface area contributed by atoms with Crippen LogP contribution >= 0.6 is 35.0 Å². The summed E-state index contributed by atoms with van der Waals surface area (Å²) in [6, 6.07) is 7.14. The molecule has 0 fully saturated rings. The highest BCUT2D eigenvalue weighted by Crippen LogP contribution is 2.47. The normalized spacial score (nSPS) is 13.3. The third kappa shape index (κ3) is 7.63. The molecule has 45 heavy (non-hydrogen) atoms. The second kappa shape index (κ2) is 14.7. The number of hydrogen-bond donors (Lipinski definition) is 3. The number of methoxy groups -OCH3 is 2. The van der Waals surface area contributed by atoms with E-state index in [-0.39, 0.29) is 38.7 Å². The lowest BCUT2D eigenvalue weighted by Crippen LogP contribution is -2.54. The fourth-order valence-corrected chi connectivity index (χ4v) is 5.47. The maximum atomic E-state index is 14.6. The Morgan fingerprint density at radius 3 is 2.13 bits per heavy atom. The lowest BCUT2D eigenvalue weighted by Gasteiger charge is -2.39. The Bertz CT molecular complexity index is 1760. The fraction of sp³-hybridized carbons (Fsp3) is 0.241. The van der Waals surface area contributed by atoms with Crippen LogP contribution in [-0.4, -0.2) is 54.4 Å². The summed E-state index contributed by atoms with van der Waals surface area (Å²) in [4.78, 5) is 24.3. The third-order valence-corrected chi connectivity index (χ3v) is 7.97. The molecule has 4 aromatic rings. The van der Waals surface area contributed by atoms with Crippen LogP contribution in [0.1, 0.15) is 22.0 Å². The summed E-state index contributed by atoms with van der Waals surface area (Å²) in [6.07, 6.45) is -3.35. The summed E-state index contributed by atoms with van der Waals surface area (Å²) in [6.45, 7) is 0. The topological polar surface area (TPSA) is 101 Å². The first kappa shape index (κ1) is 35.9. The Hall–Kier alpha value is -3.59. The van der Waals surface area contributed by atoms with Crippen LogP contribution < -0.4 is 20.3 Å². The molecule has 0 saturated carbocycles. The predicted octanol–water partition coefficient (Wildman–Crippen LogP) is 7.58. The van der Waals surface area contributed by atoms with Crippen LogP contribution in [0.3, 0.4) is 0 Å². The largest absolute Gasteiger partial charge is 0.494 e. The number of H-pyrrole nitrogens is 1. The smallest absolute Gasteiger partial charge is 0.420 e. The molecule has 0 radical (unpaired) electrons. The predicted molar refractivity (Wildman–Crippen MR) is 162 cm³/mol. The molecule has 1 aromatic heterocycles. The number of hydrogen-bond acceptors (Lipinski definition) is 7. The van der Waals surface area contributed by atoms with Crippen molar-refractivity contribution in [3.8, 4) is 11.5 Å². The minimum atomic E-state index is -5.19. The Kier molecular flexibility index (Phi) is 11.7. The molecule has 3 aromatic carbocycles. The zero-order valence-corrected chi connectivity index (χ0v) is 25.8. The van der Waals surface area contributed by atoms with E-state index in [0.29, 0.717) is 18.0 Å². The lowest BCUT2D eigenvalue weighted by atomic mass is 9.88. The Morgan fingerprint density at radius 2 is 1.58 bits per heavy atom. The average molecular weight is 697 g/mol. The van der Waals surface area contributed by atoms with Gasteiger partial charge in [-0.05, 0) is 48.2 Å². The lowest BCUT2D eigenvalue weighted by molar-refractivity contribution is -0.256. The summed E-state index contributed by atoms with van der Waals surface area (Å²) in [5, 5.41) is 12.6. The Labute approximate surface area is 266 Å². The highest BCUT2D eigenvalue weighted by Gasteiger charge is 2.59. The molecular weight excluding hydrogens is 673 g/mol. The first-order valence-electron chi connectivity index (χ1n) is 12.5. The fourth-order valence-electron chi connectivity index (χ4n) is 4.24. The minimum absolute atomic E-state index is 0.0103. The maximum absolute atomic E-state index is 14.6. The van der Waals surface area contributed by atoms with E-state index < -0.39 is 57.2 Å². The number of aromatic nitrogens is 1. The van der Waals surface area contributed by atoms with Crippen molar-refractivity contribution in [1.82, 2.24) is 4.98 Å².